The zero-order chi connectivity index (χ0) is 15.1. The van der Waals surface area contributed by atoms with Crippen molar-refractivity contribution in [3.05, 3.63) is 72.0 Å². The van der Waals surface area contributed by atoms with Gasteiger partial charge in [0.05, 0.1) is 6.26 Å². The summed E-state index contributed by atoms with van der Waals surface area (Å²) in [5.74, 6) is 0.872. The highest BCUT2D eigenvalue weighted by Gasteiger charge is 2.12. The molecule has 0 spiro atoms. The van der Waals surface area contributed by atoms with Crippen LogP contribution >= 0.6 is 0 Å². The van der Waals surface area contributed by atoms with Crippen molar-refractivity contribution < 1.29 is 9.16 Å². The lowest BCUT2D eigenvalue weighted by molar-refractivity contribution is 0.305. The Kier molecular flexibility index (Phi) is 5.23. The summed E-state index contributed by atoms with van der Waals surface area (Å²) in [7, 11) is -1.53. The topological polar surface area (TPSA) is 18.5 Å². The van der Waals surface area contributed by atoms with Gasteiger partial charge in [0.15, 0.2) is 0 Å². The van der Waals surface area contributed by atoms with E-state index in [1.54, 1.807) is 6.26 Å². The molecule has 0 aliphatic heterocycles. The van der Waals surface area contributed by atoms with Crippen LogP contribution in [0, 0.1) is 0 Å². The highest BCUT2D eigenvalue weighted by molar-refractivity contribution is 6.69. The Balaban J connectivity index is 2.03. The lowest BCUT2D eigenvalue weighted by Gasteiger charge is -2.15. The van der Waals surface area contributed by atoms with Crippen LogP contribution in [0.3, 0.4) is 0 Å². The van der Waals surface area contributed by atoms with Crippen molar-refractivity contribution >= 4 is 14.4 Å². The molecule has 110 valence electrons. The standard InChI is InChI=1S/C18H22O2Si/c1-21(2,3)20-14-13-17-11-7-8-12-18(17)19-15-16-9-5-4-6-10-16/h4-14H,15H2,1-3H3/b14-13+. The molecule has 0 amide bonds. The molecule has 2 aromatic rings. The first-order chi connectivity index (χ1) is 10.0. The van der Waals surface area contributed by atoms with E-state index in [0.29, 0.717) is 6.61 Å². The molecular formula is C18H22O2Si. The largest absolute Gasteiger partial charge is 0.550 e. The van der Waals surface area contributed by atoms with Crippen LogP contribution in [0.2, 0.25) is 19.6 Å². The number of para-hydroxylation sites is 1. The Morgan fingerprint density at radius 3 is 2.29 bits per heavy atom. The quantitative estimate of drug-likeness (QED) is 0.546. The third-order valence-electron chi connectivity index (χ3n) is 2.83. The van der Waals surface area contributed by atoms with Crippen LogP contribution in [-0.4, -0.2) is 8.32 Å². The first kappa shape index (κ1) is 15.4. The maximum Gasteiger partial charge on any atom is 0.241 e. The zero-order valence-electron chi connectivity index (χ0n) is 12.9. The fourth-order valence-corrected chi connectivity index (χ4v) is 2.27. The molecule has 3 heteroatoms. The van der Waals surface area contributed by atoms with Crippen molar-refractivity contribution in [2.24, 2.45) is 0 Å². The average Bonchev–Trinajstić information content (AvgIpc) is 2.46. The summed E-state index contributed by atoms with van der Waals surface area (Å²) in [6.45, 7) is 7.06. The minimum atomic E-state index is -1.53. The number of hydrogen-bond donors (Lipinski definition) is 0. The third kappa shape index (κ3) is 5.48. The van der Waals surface area contributed by atoms with Gasteiger partial charge < -0.3 is 9.16 Å². The Morgan fingerprint density at radius 1 is 0.905 bits per heavy atom. The average molecular weight is 298 g/mol. The van der Waals surface area contributed by atoms with E-state index in [1.807, 2.05) is 48.5 Å². The van der Waals surface area contributed by atoms with E-state index in [2.05, 4.69) is 31.8 Å². The minimum absolute atomic E-state index is 0.570. The molecule has 0 N–H and O–H groups in total. The fourth-order valence-electron chi connectivity index (χ4n) is 1.80. The maximum atomic E-state index is 5.91. The lowest BCUT2D eigenvalue weighted by Crippen LogP contribution is -2.21. The first-order valence-corrected chi connectivity index (χ1v) is 10.6. The van der Waals surface area contributed by atoms with Gasteiger partial charge in [0, 0.05) is 5.56 Å². The van der Waals surface area contributed by atoms with Gasteiger partial charge in [0.1, 0.15) is 12.4 Å². The van der Waals surface area contributed by atoms with Gasteiger partial charge in [0.25, 0.3) is 0 Å². The summed E-state index contributed by atoms with van der Waals surface area (Å²) >= 11 is 0. The molecule has 0 bridgehead atoms. The Hall–Kier alpha value is -2.00. The van der Waals surface area contributed by atoms with E-state index in [4.69, 9.17) is 9.16 Å². The number of benzene rings is 2. The molecule has 0 aromatic heterocycles. The summed E-state index contributed by atoms with van der Waals surface area (Å²) < 4.78 is 11.7. The summed E-state index contributed by atoms with van der Waals surface area (Å²) in [5.41, 5.74) is 2.20. The van der Waals surface area contributed by atoms with Crippen LogP contribution in [0.15, 0.2) is 60.9 Å². The molecule has 0 aliphatic rings. The highest BCUT2D eigenvalue weighted by Crippen LogP contribution is 2.21. The predicted molar refractivity (Wildman–Crippen MR) is 90.7 cm³/mol. The van der Waals surface area contributed by atoms with Crippen LogP contribution in [-0.2, 0) is 11.0 Å². The van der Waals surface area contributed by atoms with Crippen molar-refractivity contribution in [3.8, 4) is 5.75 Å². The molecule has 2 rings (SSSR count). The smallest absolute Gasteiger partial charge is 0.241 e. The molecule has 2 aromatic carbocycles. The third-order valence-corrected chi connectivity index (χ3v) is 3.67. The summed E-state index contributed by atoms with van der Waals surface area (Å²) in [6.07, 6.45) is 3.76. The van der Waals surface area contributed by atoms with Crippen LogP contribution in [0.4, 0.5) is 0 Å². The predicted octanol–water partition coefficient (Wildman–Crippen LogP) is 5.09. The summed E-state index contributed by atoms with van der Waals surface area (Å²) in [5, 5.41) is 0. The van der Waals surface area contributed by atoms with Gasteiger partial charge in [0.2, 0.25) is 8.32 Å². The Bertz CT molecular complexity index is 586. The molecule has 0 unspecified atom stereocenters. The van der Waals surface area contributed by atoms with Crippen molar-refractivity contribution in [3.63, 3.8) is 0 Å². The van der Waals surface area contributed by atoms with Crippen LogP contribution in [0.5, 0.6) is 5.75 Å². The molecule has 0 atom stereocenters. The van der Waals surface area contributed by atoms with E-state index in [0.717, 1.165) is 16.9 Å². The molecule has 0 radical (unpaired) electrons. The van der Waals surface area contributed by atoms with Gasteiger partial charge in [-0.25, -0.2) is 0 Å². The van der Waals surface area contributed by atoms with Crippen molar-refractivity contribution in [1.82, 2.24) is 0 Å². The van der Waals surface area contributed by atoms with Crippen molar-refractivity contribution in [1.29, 1.82) is 0 Å². The number of rotatable bonds is 6. The highest BCUT2D eigenvalue weighted by atomic mass is 28.4. The van der Waals surface area contributed by atoms with E-state index in [9.17, 15) is 0 Å². The molecule has 0 fully saturated rings. The Labute approximate surface area is 128 Å². The fraction of sp³-hybridized carbons (Fsp3) is 0.222. The molecule has 2 nitrogen and oxygen atoms in total. The van der Waals surface area contributed by atoms with Gasteiger partial charge in [-0.05, 0) is 37.3 Å². The van der Waals surface area contributed by atoms with Crippen molar-refractivity contribution in [2.45, 2.75) is 26.2 Å². The maximum absolute atomic E-state index is 5.91. The van der Waals surface area contributed by atoms with Crippen LogP contribution in [0.1, 0.15) is 11.1 Å². The first-order valence-electron chi connectivity index (χ1n) is 7.15. The zero-order valence-corrected chi connectivity index (χ0v) is 13.9. The monoisotopic (exact) mass is 298 g/mol. The summed E-state index contributed by atoms with van der Waals surface area (Å²) in [6, 6.07) is 18.2. The van der Waals surface area contributed by atoms with E-state index >= 15 is 0 Å². The van der Waals surface area contributed by atoms with Gasteiger partial charge in [-0.2, -0.15) is 0 Å². The number of hydrogen-bond acceptors (Lipinski definition) is 2. The van der Waals surface area contributed by atoms with E-state index in [1.165, 1.54) is 0 Å². The van der Waals surface area contributed by atoms with Gasteiger partial charge in [-0.3, -0.25) is 0 Å². The second kappa shape index (κ2) is 7.13. The normalized spacial score (nSPS) is 11.6. The van der Waals surface area contributed by atoms with Crippen LogP contribution in [0.25, 0.3) is 6.08 Å². The van der Waals surface area contributed by atoms with E-state index < -0.39 is 8.32 Å². The molecular weight excluding hydrogens is 276 g/mol. The number of ether oxygens (including phenoxy) is 1. The molecule has 0 heterocycles. The molecule has 0 aliphatic carbocycles. The lowest BCUT2D eigenvalue weighted by atomic mass is 10.2. The van der Waals surface area contributed by atoms with Gasteiger partial charge >= 0.3 is 0 Å². The summed E-state index contributed by atoms with van der Waals surface area (Å²) in [4.78, 5) is 0. The van der Waals surface area contributed by atoms with Crippen LogP contribution < -0.4 is 4.74 Å². The SMILES string of the molecule is C[Si](C)(C)O/C=C/c1ccccc1OCc1ccccc1. The van der Waals surface area contributed by atoms with E-state index in [-0.39, 0.29) is 0 Å². The second-order valence-electron chi connectivity index (χ2n) is 5.85. The van der Waals surface area contributed by atoms with Gasteiger partial charge in [-0.1, -0.05) is 48.5 Å². The molecule has 0 saturated carbocycles. The molecule has 0 saturated heterocycles. The van der Waals surface area contributed by atoms with Crippen molar-refractivity contribution in [2.75, 3.05) is 0 Å². The van der Waals surface area contributed by atoms with Gasteiger partial charge in [-0.15, -0.1) is 0 Å². The molecule has 21 heavy (non-hydrogen) atoms. The second-order valence-corrected chi connectivity index (χ2v) is 10.3. The Morgan fingerprint density at radius 2 is 1.57 bits per heavy atom. The minimum Gasteiger partial charge on any atom is -0.550 e.